The molecule has 1 aromatic carbocycles. The van der Waals surface area contributed by atoms with Gasteiger partial charge in [-0.2, -0.15) is 0 Å². The van der Waals surface area contributed by atoms with Gasteiger partial charge in [0.05, 0.1) is 36.2 Å². The van der Waals surface area contributed by atoms with E-state index in [1.165, 1.54) is 12.1 Å². The summed E-state index contributed by atoms with van der Waals surface area (Å²) in [6, 6.07) is 4.16. The van der Waals surface area contributed by atoms with Crippen LogP contribution in [0, 0.1) is 5.82 Å². The lowest BCUT2D eigenvalue weighted by atomic mass is 9.92. The van der Waals surface area contributed by atoms with Gasteiger partial charge in [-0.1, -0.05) is 0 Å². The SMILES string of the molecule is O=C(C[C@@H]1CC[C@@H](NS(=O)(=O)c2ccc(F)cc2)[C@H](CO)O1)NC1CCC1. The predicted octanol–water partition coefficient (Wildman–Crippen LogP) is 1.07. The standard InChI is InChI=1S/C18H25FN2O5S/c19-12-4-7-15(8-5-12)27(24,25)21-16-9-6-14(26-17(16)11-22)10-18(23)20-13-2-1-3-13/h4-5,7-8,13-14,16-17,21-22H,1-3,6,9-11H2,(H,20,23)/t14-,16+,17-/m0/s1. The highest BCUT2D eigenvalue weighted by Crippen LogP contribution is 2.24. The van der Waals surface area contributed by atoms with Crippen molar-refractivity contribution in [1.29, 1.82) is 0 Å². The average molecular weight is 400 g/mol. The number of carbonyl (C=O) groups excluding carboxylic acids is 1. The molecule has 0 radical (unpaired) electrons. The summed E-state index contributed by atoms with van der Waals surface area (Å²) in [6.07, 6.45) is 3.19. The molecule has 1 amide bonds. The molecule has 7 nitrogen and oxygen atoms in total. The number of sulfonamides is 1. The number of aliphatic hydroxyl groups excluding tert-OH is 1. The lowest BCUT2D eigenvalue weighted by molar-refractivity contribution is -0.131. The Labute approximate surface area is 158 Å². The maximum Gasteiger partial charge on any atom is 0.240 e. The highest BCUT2D eigenvalue weighted by molar-refractivity contribution is 7.89. The summed E-state index contributed by atoms with van der Waals surface area (Å²) in [7, 11) is -3.86. The minimum Gasteiger partial charge on any atom is -0.394 e. The number of ether oxygens (including phenoxy) is 1. The second-order valence-corrected chi connectivity index (χ2v) is 8.85. The number of halogens is 1. The lowest BCUT2D eigenvalue weighted by Gasteiger charge is -2.36. The highest BCUT2D eigenvalue weighted by Gasteiger charge is 2.35. The predicted molar refractivity (Wildman–Crippen MR) is 95.9 cm³/mol. The Hall–Kier alpha value is -1.55. The molecule has 1 aliphatic heterocycles. The molecule has 3 atom stereocenters. The monoisotopic (exact) mass is 400 g/mol. The van der Waals surface area contributed by atoms with Crippen molar-refractivity contribution in [2.75, 3.05) is 6.61 Å². The molecule has 0 bridgehead atoms. The molecule has 1 aromatic rings. The Balaban J connectivity index is 1.56. The van der Waals surface area contributed by atoms with E-state index in [-0.39, 0.29) is 36.0 Å². The fourth-order valence-electron chi connectivity index (χ4n) is 3.34. The van der Waals surface area contributed by atoms with Gasteiger partial charge in [0.1, 0.15) is 5.82 Å². The van der Waals surface area contributed by atoms with E-state index < -0.39 is 28.0 Å². The van der Waals surface area contributed by atoms with Gasteiger partial charge in [0.25, 0.3) is 0 Å². The second-order valence-electron chi connectivity index (χ2n) is 7.14. The molecule has 27 heavy (non-hydrogen) atoms. The van der Waals surface area contributed by atoms with Crippen LogP contribution in [0.1, 0.15) is 38.5 Å². The maximum absolute atomic E-state index is 13.0. The molecule has 2 fully saturated rings. The minimum absolute atomic E-state index is 0.0532. The summed E-state index contributed by atoms with van der Waals surface area (Å²) in [4.78, 5) is 12.0. The molecule has 1 saturated carbocycles. The summed E-state index contributed by atoms with van der Waals surface area (Å²) in [5.74, 6) is -0.599. The Morgan fingerprint density at radius 3 is 2.48 bits per heavy atom. The fraction of sp³-hybridized carbons (Fsp3) is 0.611. The normalized spacial score (nSPS) is 26.4. The van der Waals surface area contributed by atoms with Crippen LogP contribution in [-0.2, 0) is 19.6 Å². The van der Waals surface area contributed by atoms with Crippen molar-refractivity contribution in [2.45, 2.75) is 67.7 Å². The van der Waals surface area contributed by atoms with Crippen molar-refractivity contribution in [2.24, 2.45) is 0 Å². The molecule has 3 N–H and O–H groups in total. The number of benzene rings is 1. The molecular weight excluding hydrogens is 375 g/mol. The van der Waals surface area contributed by atoms with Crippen LogP contribution in [0.5, 0.6) is 0 Å². The zero-order valence-corrected chi connectivity index (χ0v) is 15.8. The summed E-state index contributed by atoms with van der Waals surface area (Å²) >= 11 is 0. The zero-order chi connectivity index (χ0) is 19.4. The third kappa shape index (κ3) is 5.25. The quantitative estimate of drug-likeness (QED) is 0.635. The Morgan fingerprint density at radius 1 is 1.19 bits per heavy atom. The van der Waals surface area contributed by atoms with Crippen LogP contribution in [0.25, 0.3) is 0 Å². The lowest BCUT2D eigenvalue weighted by Crippen LogP contribution is -2.51. The average Bonchev–Trinajstić information content (AvgIpc) is 2.59. The summed E-state index contributed by atoms with van der Waals surface area (Å²) in [5, 5.41) is 12.5. The minimum atomic E-state index is -3.86. The van der Waals surface area contributed by atoms with E-state index in [1.807, 2.05) is 0 Å². The molecule has 0 unspecified atom stereocenters. The number of rotatable bonds is 7. The van der Waals surface area contributed by atoms with Gasteiger partial charge in [0, 0.05) is 6.04 Å². The van der Waals surface area contributed by atoms with Crippen LogP contribution >= 0.6 is 0 Å². The van der Waals surface area contributed by atoms with E-state index in [2.05, 4.69) is 10.0 Å². The smallest absolute Gasteiger partial charge is 0.240 e. The summed E-state index contributed by atoms with van der Waals surface area (Å²) in [6.45, 7) is -0.364. The summed E-state index contributed by atoms with van der Waals surface area (Å²) < 4.78 is 46.2. The largest absolute Gasteiger partial charge is 0.394 e. The maximum atomic E-state index is 13.0. The molecular formula is C18H25FN2O5S. The molecule has 0 spiro atoms. The molecule has 2 aliphatic rings. The van der Waals surface area contributed by atoms with Gasteiger partial charge in [-0.25, -0.2) is 17.5 Å². The fourth-order valence-corrected chi connectivity index (χ4v) is 4.64. The topological polar surface area (TPSA) is 105 Å². The van der Waals surface area contributed by atoms with Gasteiger partial charge in [-0.3, -0.25) is 4.79 Å². The van der Waals surface area contributed by atoms with E-state index in [4.69, 9.17) is 4.74 Å². The van der Waals surface area contributed by atoms with E-state index in [0.717, 1.165) is 31.4 Å². The first-order valence-corrected chi connectivity index (χ1v) is 10.7. The van der Waals surface area contributed by atoms with Crippen LogP contribution in [0.3, 0.4) is 0 Å². The Kier molecular flexibility index (Phi) is 6.46. The molecule has 1 heterocycles. The van der Waals surface area contributed by atoms with Crippen LogP contribution < -0.4 is 10.0 Å². The van der Waals surface area contributed by atoms with E-state index >= 15 is 0 Å². The van der Waals surface area contributed by atoms with E-state index in [1.54, 1.807) is 0 Å². The van der Waals surface area contributed by atoms with Crippen molar-refractivity contribution in [1.82, 2.24) is 10.0 Å². The molecule has 0 aromatic heterocycles. The number of carbonyl (C=O) groups is 1. The first-order chi connectivity index (χ1) is 12.9. The van der Waals surface area contributed by atoms with Crippen molar-refractivity contribution >= 4 is 15.9 Å². The van der Waals surface area contributed by atoms with Crippen LogP contribution in [0.2, 0.25) is 0 Å². The third-order valence-corrected chi connectivity index (χ3v) is 6.62. The Bertz CT molecular complexity index is 752. The van der Waals surface area contributed by atoms with Gasteiger partial charge in [-0.15, -0.1) is 0 Å². The van der Waals surface area contributed by atoms with Gasteiger partial charge >= 0.3 is 0 Å². The van der Waals surface area contributed by atoms with Crippen molar-refractivity contribution < 1.29 is 27.4 Å². The summed E-state index contributed by atoms with van der Waals surface area (Å²) in [5.41, 5.74) is 0. The van der Waals surface area contributed by atoms with Gasteiger partial charge in [-0.05, 0) is 56.4 Å². The van der Waals surface area contributed by atoms with E-state index in [9.17, 15) is 22.7 Å². The second kappa shape index (κ2) is 8.64. The van der Waals surface area contributed by atoms with Crippen molar-refractivity contribution in [3.63, 3.8) is 0 Å². The van der Waals surface area contributed by atoms with Crippen LogP contribution in [-0.4, -0.2) is 50.3 Å². The van der Waals surface area contributed by atoms with Crippen molar-refractivity contribution in [3.05, 3.63) is 30.1 Å². The number of amides is 1. The van der Waals surface area contributed by atoms with Crippen molar-refractivity contribution in [3.8, 4) is 0 Å². The highest BCUT2D eigenvalue weighted by atomic mass is 32.2. The molecule has 1 aliphatic carbocycles. The number of nitrogens with one attached hydrogen (secondary N) is 2. The zero-order valence-electron chi connectivity index (χ0n) is 14.9. The number of aliphatic hydroxyl groups is 1. The van der Waals surface area contributed by atoms with Gasteiger partial charge in [0.15, 0.2) is 0 Å². The number of hydrogen-bond donors (Lipinski definition) is 3. The molecule has 9 heteroatoms. The van der Waals surface area contributed by atoms with Gasteiger partial charge in [0.2, 0.25) is 15.9 Å². The Morgan fingerprint density at radius 2 is 1.89 bits per heavy atom. The first kappa shape index (κ1) is 20.2. The third-order valence-electron chi connectivity index (χ3n) is 5.11. The molecule has 1 saturated heterocycles. The molecule has 3 rings (SSSR count). The van der Waals surface area contributed by atoms with Gasteiger partial charge < -0.3 is 15.2 Å². The number of hydrogen-bond acceptors (Lipinski definition) is 5. The van der Waals surface area contributed by atoms with Crippen LogP contribution in [0.4, 0.5) is 4.39 Å². The van der Waals surface area contributed by atoms with Crippen LogP contribution in [0.15, 0.2) is 29.2 Å². The first-order valence-electron chi connectivity index (χ1n) is 9.21. The van der Waals surface area contributed by atoms with E-state index in [0.29, 0.717) is 12.8 Å². The molecule has 150 valence electrons.